The molecule has 176 valence electrons. The Morgan fingerprint density at radius 2 is 1.46 bits per heavy atom. The summed E-state index contributed by atoms with van der Waals surface area (Å²) in [6.45, 7) is 0. The second-order valence-electron chi connectivity index (χ2n) is 8.85. The minimum atomic E-state index is -0.368. The Kier molecular flexibility index (Phi) is 4.95. The molecule has 1 aliphatic rings. The Hall–Kier alpha value is -4.33. The van der Waals surface area contributed by atoms with Gasteiger partial charge in [0, 0.05) is 12.1 Å². The molecule has 3 heterocycles. The zero-order chi connectivity index (χ0) is 24.1. The third-order valence-electron chi connectivity index (χ3n) is 6.49. The molecule has 0 atom stereocenters. The molecule has 2 aromatic carbocycles. The van der Waals surface area contributed by atoms with Gasteiger partial charge in [0.15, 0.2) is 0 Å². The van der Waals surface area contributed by atoms with E-state index in [1.165, 1.54) is 48.7 Å². The molecule has 2 N–H and O–H groups in total. The normalized spacial score (nSPS) is 15.4. The number of nitrogens with zero attached hydrogens (tertiary/aromatic N) is 1. The third-order valence-corrected chi connectivity index (χ3v) is 6.49. The number of rotatable bonds is 2. The molecule has 0 aliphatic heterocycles. The second kappa shape index (κ2) is 8.16. The van der Waals surface area contributed by atoms with E-state index in [4.69, 9.17) is 18.2 Å². The highest BCUT2D eigenvalue weighted by Gasteiger charge is 2.19. The van der Waals surface area contributed by atoms with Crippen LogP contribution in [0.25, 0.3) is 44.2 Å². The molecule has 3 aromatic heterocycles. The summed E-state index contributed by atoms with van der Waals surface area (Å²) in [4.78, 5) is 31.4. The highest BCUT2D eigenvalue weighted by atomic mass is 16.4. The fourth-order valence-corrected chi connectivity index (χ4v) is 4.68. The molecule has 0 amide bonds. The number of benzene rings is 2. The minimum Gasteiger partial charge on any atom is -0.508 e. The van der Waals surface area contributed by atoms with Crippen LogP contribution >= 0.6 is 0 Å². The number of phenolic OH excluding ortho intramolecular Hbond substituents is 2. The highest BCUT2D eigenvalue weighted by Crippen LogP contribution is 2.27. The Labute approximate surface area is 197 Å². The van der Waals surface area contributed by atoms with Crippen molar-refractivity contribution in [3.8, 4) is 22.8 Å². The fourth-order valence-electron chi connectivity index (χ4n) is 4.68. The van der Waals surface area contributed by atoms with E-state index in [9.17, 15) is 19.8 Å². The van der Waals surface area contributed by atoms with Crippen LogP contribution in [0.1, 0.15) is 32.1 Å². The van der Waals surface area contributed by atoms with Crippen molar-refractivity contribution in [1.29, 1.82) is 0 Å². The third kappa shape index (κ3) is 3.67. The molecule has 0 bridgehead atoms. The van der Waals surface area contributed by atoms with Crippen LogP contribution in [0.3, 0.4) is 0 Å². The van der Waals surface area contributed by atoms with Crippen LogP contribution in [-0.2, 0) is 0 Å². The van der Waals surface area contributed by atoms with Gasteiger partial charge >= 0.3 is 0 Å². The van der Waals surface area contributed by atoms with E-state index in [0.29, 0.717) is 0 Å². The molecular formula is C27H21NO7. The molecule has 6 rings (SSSR count). The Balaban J connectivity index is 1.67. The summed E-state index contributed by atoms with van der Waals surface area (Å²) in [6.07, 6.45) is 6.28. The molecule has 0 saturated heterocycles. The molecule has 35 heavy (non-hydrogen) atoms. The molecule has 0 spiro atoms. The summed E-state index contributed by atoms with van der Waals surface area (Å²) >= 11 is 0. The van der Waals surface area contributed by atoms with Gasteiger partial charge in [0.25, 0.3) is 5.55 Å². The van der Waals surface area contributed by atoms with Gasteiger partial charge in [-0.25, -0.2) is 4.99 Å². The first-order chi connectivity index (χ1) is 17.0. The summed E-state index contributed by atoms with van der Waals surface area (Å²) in [7, 11) is 0. The molecule has 1 aliphatic carbocycles. The Bertz CT molecular complexity index is 1800. The summed E-state index contributed by atoms with van der Waals surface area (Å²) in [5.41, 5.74) is 0.166. The molecule has 0 radical (unpaired) electrons. The van der Waals surface area contributed by atoms with Gasteiger partial charge in [-0.2, -0.15) is 0 Å². The van der Waals surface area contributed by atoms with Crippen molar-refractivity contribution in [2.45, 2.75) is 38.1 Å². The van der Waals surface area contributed by atoms with Crippen LogP contribution in [0, 0.1) is 0 Å². The van der Waals surface area contributed by atoms with Crippen molar-refractivity contribution >= 4 is 32.9 Å². The molecule has 5 aromatic rings. The van der Waals surface area contributed by atoms with Gasteiger partial charge in [0.2, 0.25) is 16.4 Å². The summed E-state index contributed by atoms with van der Waals surface area (Å²) in [5.74, 6) is 0.0771. The van der Waals surface area contributed by atoms with E-state index in [-0.39, 0.29) is 78.2 Å². The van der Waals surface area contributed by atoms with Gasteiger partial charge < -0.3 is 23.5 Å². The molecule has 1 saturated carbocycles. The zero-order valence-electron chi connectivity index (χ0n) is 18.6. The van der Waals surface area contributed by atoms with Crippen molar-refractivity contribution in [3.63, 3.8) is 0 Å². The average Bonchev–Trinajstić information content (AvgIpc) is 2.85. The van der Waals surface area contributed by atoms with E-state index in [0.717, 1.165) is 32.1 Å². The fraction of sp³-hybridized carbons (Fsp3) is 0.222. The Morgan fingerprint density at radius 1 is 0.771 bits per heavy atom. The maximum absolute atomic E-state index is 13.4. The quantitative estimate of drug-likeness (QED) is 0.349. The standard InChI is InChI=1S/C27H21NO7/c29-15-6-8-17-21(10-15)33-13-20(25(17)32)23-12-19-24(31)18-9-7-16(30)11-22(18)34-26(19)27(35-23)28-14-4-2-1-3-5-14/h6-14,29-30H,1-5H2. The summed E-state index contributed by atoms with van der Waals surface area (Å²) in [6, 6.07) is 10.00. The largest absolute Gasteiger partial charge is 0.508 e. The van der Waals surface area contributed by atoms with Crippen LogP contribution in [0.4, 0.5) is 0 Å². The topological polar surface area (TPSA) is 126 Å². The molecule has 8 heteroatoms. The van der Waals surface area contributed by atoms with Crippen molar-refractivity contribution in [3.05, 3.63) is 74.7 Å². The maximum atomic E-state index is 13.4. The lowest BCUT2D eigenvalue weighted by Crippen LogP contribution is -2.18. The van der Waals surface area contributed by atoms with Crippen LogP contribution in [0.5, 0.6) is 11.5 Å². The summed E-state index contributed by atoms with van der Waals surface area (Å²) < 4.78 is 17.7. The van der Waals surface area contributed by atoms with Crippen molar-refractivity contribution in [2.75, 3.05) is 0 Å². The molecule has 0 unspecified atom stereocenters. The van der Waals surface area contributed by atoms with Gasteiger partial charge in [-0.15, -0.1) is 0 Å². The Morgan fingerprint density at radius 3 is 2.20 bits per heavy atom. The number of phenols is 2. The van der Waals surface area contributed by atoms with Crippen LogP contribution < -0.4 is 16.4 Å². The predicted molar refractivity (Wildman–Crippen MR) is 129 cm³/mol. The minimum absolute atomic E-state index is 0.00659. The first kappa shape index (κ1) is 21.2. The average molecular weight is 471 g/mol. The van der Waals surface area contributed by atoms with E-state index in [1.807, 2.05) is 0 Å². The molecule has 8 nitrogen and oxygen atoms in total. The summed E-state index contributed by atoms with van der Waals surface area (Å²) in [5, 5.41) is 20.3. The zero-order valence-corrected chi connectivity index (χ0v) is 18.6. The lowest BCUT2D eigenvalue weighted by molar-refractivity contribution is 0.409. The van der Waals surface area contributed by atoms with E-state index in [1.54, 1.807) is 0 Å². The van der Waals surface area contributed by atoms with Gasteiger partial charge in [0.1, 0.15) is 40.3 Å². The number of hydrogen-bond acceptors (Lipinski definition) is 8. The van der Waals surface area contributed by atoms with Crippen molar-refractivity contribution < 1.29 is 23.5 Å². The number of hydrogen-bond donors (Lipinski definition) is 2. The van der Waals surface area contributed by atoms with Gasteiger partial charge in [-0.3, -0.25) is 9.59 Å². The first-order valence-electron chi connectivity index (χ1n) is 11.5. The van der Waals surface area contributed by atoms with Gasteiger partial charge in [-0.05, 0) is 43.2 Å². The maximum Gasteiger partial charge on any atom is 0.259 e. The van der Waals surface area contributed by atoms with Crippen LogP contribution in [-0.4, -0.2) is 16.3 Å². The van der Waals surface area contributed by atoms with Crippen molar-refractivity contribution in [1.82, 2.24) is 0 Å². The molecule has 1 fully saturated rings. The highest BCUT2D eigenvalue weighted by molar-refractivity contribution is 5.91. The van der Waals surface area contributed by atoms with E-state index < -0.39 is 0 Å². The van der Waals surface area contributed by atoms with Crippen LogP contribution in [0.15, 0.2) is 76.6 Å². The van der Waals surface area contributed by atoms with Gasteiger partial charge in [0.05, 0.1) is 22.2 Å². The smallest absolute Gasteiger partial charge is 0.259 e. The second-order valence-corrected chi connectivity index (χ2v) is 8.85. The lowest BCUT2D eigenvalue weighted by atomic mass is 9.96. The van der Waals surface area contributed by atoms with E-state index in [2.05, 4.69) is 0 Å². The predicted octanol–water partition coefficient (Wildman–Crippen LogP) is 4.96. The van der Waals surface area contributed by atoms with Crippen LogP contribution in [0.2, 0.25) is 0 Å². The lowest BCUT2D eigenvalue weighted by Gasteiger charge is -2.17. The van der Waals surface area contributed by atoms with Gasteiger partial charge in [-0.1, -0.05) is 19.3 Å². The SMILES string of the molecule is O=c1c(-c2cc3c(=O)c4ccc(O)cc4oc3c(=NC3CCCCC3)o2)coc2cc(O)ccc12. The van der Waals surface area contributed by atoms with E-state index >= 15 is 0 Å². The van der Waals surface area contributed by atoms with Crippen molar-refractivity contribution in [2.24, 2.45) is 4.99 Å². The first-order valence-corrected chi connectivity index (χ1v) is 11.5. The number of aromatic hydroxyl groups is 2. The molecular weight excluding hydrogens is 450 g/mol. The number of fused-ring (bicyclic) bond motifs is 3. The monoisotopic (exact) mass is 471 g/mol.